The van der Waals surface area contributed by atoms with Crippen LogP contribution >= 0.6 is 0 Å². The Morgan fingerprint density at radius 1 is 1.69 bits per heavy atom. The van der Waals surface area contributed by atoms with E-state index in [4.69, 9.17) is 5.11 Å². The Labute approximate surface area is 76.6 Å². The van der Waals surface area contributed by atoms with Gasteiger partial charge in [0.15, 0.2) is 0 Å². The Morgan fingerprint density at radius 3 is 2.77 bits per heavy atom. The highest BCUT2D eigenvalue weighted by Gasteiger charge is 2.19. The van der Waals surface area contributed by atoms with Crippen LogP contribution in [0.2, 0.25) is 0 Å². The number of hydrogen-bond acceptors (Lipinski definition) is 3. The summed E-state index contributed by atoms with van der Waals surface area (Å²) in [7, 11) is 3.48. The molecule has 1 N–H and O–H groups in total. The summed E-state index contributed by atoms with van der Waals surface area (Å²) in [6, 6.07) is 1.24. The minimum absolute atomic E-state index is 0.370. The van der Waals surface area contributed by atoms with Crippen molar-refractivity contribution in [2.75, 3.05) is 14.1 Å². The van der Waals surface area contributed by atoms with E-state index in [1.165, 1.54) is 0 Å². The third-order valence-electron chi connectivity index (χ3n) is 1.83. The molecule has 0 saturated carbocycles. The van der Waals surface area contributed by atoms with Gasteiger partial charge in [0.1, 0.15) is 6.04 Å². The molecule has 0 aliphatic rings. The molecule has 1 aromatic rings. The second-order valence-electron chi connectivity index (χ2n) is 3.05. The Morgan fingerprint density at radius 2 is 2.38 bits per heavy atom. The molecule has 13 heavy (non-hydrogen) atoms. The molecule has 0 unspecified atom stereocenters. The zero-order valence-electron chi connectivity index (χ0n) is 7.71. The van der Waals surface area contributed by atoms with Gasteiger partial charge in [0.05, 0.1) is 6.54 Å². The highest BCUT2D eigenvalue weighted by Crippen LogP contribution is 1.97. The van der Waals surface area contributed by atoms with Gasteiger partial charge in [-0.15, -0.1) is 0 Å². The fourth-order valence-corrected chi connectivity index (χ4v) is 1.05. The second-order valence-corrected chi connectivity index (χ2v) is 3.05. The van der Waals surface area contributed by atoms with Gasteiger partial charge in [-0.25, -0.2) is 0 Å². The van der Waals surface area contributed by atoms with Crippen molar-refractivity contribution in [2.24, 2.45) is 0 Å². The maximum absolute atomic E-state index is 10.8. The molecule has 1 aromatic heterocycles. The molecule has 1 heterocycles. The van der Waals surface area contributed by atoms with Crippen molar-refractivity contribution in [1.82, 2.24) is 14.7 Å². The molecule has 72 valence electrons. The van der Waals surface area contributed by atoms with Gasteiger partial charge in [0, 0.05) is 12.4 Å². The standard InChI is InChI=1S/C8H13N3O2/c1-10(2)7(8(12)13)6-11-5-3-4-9-11/h3-5,7H,6H2,1-2H3,(H,12,13)/t7-/m0/s1. The topological polar surface area (TPSA) is 58.4 Å². The van der Waals surface area contributed by atoms with E-state index in [9.17, 15) is 4.79 Å². The molecule has 0 aliphatic carbocycles. The molecular weight excluding hydrogens is 170 g/mol. The first-order valence-corrected chi connectivity index (χ1v) is 3.98. The fraction of sp³-hybridized carbons (Fsp3) is 0.500. The second kappa shape index (κ2) is 4.04. The van der Waals surface area contributed by atoms with Gasteiger partial charge in [0.2, 0.25) is 0 Å². The predicted octanol–water partition coefficient (Wildman–Crippen LogP) is -0.102. The lowest BCUT2D eigenvalue weighted by Gasteiger charge is -2.19. The summed E-state index contributed by atoms with van der Waals surface area (Å²) in [6.45, 7) is 0.370. The van der Waals surface area contributed by atoms with Gasteiger partial charge < -0.3 is 5.11 Å². The molecule has 5 nitrogen and oxygen atoms in total. The average molecular weight is 183 g/mol. The van der Waals surface area contributed by atoms with Crippen LogP contribution in [0.15, 0.2) is 18.5 Å². The fourth-order valence-electron chi connectivity index (χ4n) is 1.05. The van der Waals surface area contributed by atoms with Crippen LogP contribution in [0.3, 0.4) is 0 Å². The lowest BCUT2D eigenvalue weighted by atomic mass is 10.3. The summed E-state index contributed by atoms with van der Waals surface area (Å²) < 4.78 is 1.61. The smallest absolute Gasteiger partial charge is 0.322 e. The van der Waals surface area contributed by atoms with E-state index >= 15 is 0 Å². The number of nitrogens with zero attached hydrogens (tertiary/aromatic N) is 3. The molecule has 0 fully saturated rings. The molecule has 0 amide bonds. The molecule has 1 atom stereocenters. The number of carboxylic acid groups (broad SMARTS) is 1. The lowest BCUT2D eigenvalue weighted by molar-refractivity contribution is -0.142. The van der Waals surface area contributed by atoms with E-state index in [1.807, 2.05) is 0 Å². The van der Waals surface area contributed by atoms with Crippen molar-refractivity contribution in [3.8, 4) is 0 Å². The summed E-state index contributed by atoms with van der Waals surface area (Å²) in [5, 5.41) is 12.8. The number of likely N-dealkylation sites (N-methyl/N-ethyl adjacent to an activating group) is 1. The van der Waals surface area contributed by atoms with Gasteiger partial charge >= 0.3 is 5.97 Å². The van der Waals surface area contributed by atoms with E-state index in [-0.39, 0.29) is 0 Å². The molecule has 0 spiro atoms. The highest BCUT2D eigenvalue weighted by atomic mass is 16.4. The van der Waals surface area contributed by atoms with Crippen LogP contribution in [0.4, 0.5) is 0 Å². The molecular formula is C8H13N3O2. The van der Waals surface area contributed by atoms with Crippen molar-refractivity contribution in [2.45, 2.75) is 12.6 Å². The normalized spacial score (nSPS) is 13.2. The number of carboxylic acids is 1. The summed E-state index contributed by atoms with van der Waals surface area (Å²) >= 11 is 0. The van der Waals surface area contributed by atoms with E-state index in [0.29, 0.717) is 6.54 Å². The number of hydrogen-bond donors (Lipinski definition) is 1. The molecule has 5 heteroatoms. The van der Waals surface area contributed by atoms with Crippen LogP contribution in [0.5, 0.6) is 0 Å². The Kier molecular flexibility index (Phi) is 3.02. The third kappa shape index (κ3) is 2.55. The first-order chi connectivity index (χ1) is 6.11. The Bertz CT molecular complexity index is 269. The third-order valence-corrected chi connectivity index (χ3v) is 1.83. The zero-order chi connectivity index (χ0) is 9.84. The van der Waals surface area contributed by atoms with Crippen LogP contribution in [0.1, 0.15) is 0 Å². The molecule has 0 radical (unpaired) electrons. The maximum Gasteiger partial charge on any atom is 0.322 e. The summed E-state index contributed by atoms with van der Waals surface area (Å²) in [5.41, 5.74) is 0. The van der Waals surface area contributed by atoms with Crippen LogP contribution in [0.25, 0.3) is 0 Å². The van der Waals surface area contributed by atoms with E-state index in [1.54, 1.807) is 42.1 Å². The highest BCUT2D eigenvalue weighted by molar-refractivity contribution is 5.73. The summed E-state index contributed by atoms with van der Waals surface area (Å²) in [4.78, 5) is 12.4. The van der Waals surface area contributed by atoms with Crippen molar-refractivity contribution >= 4 is 5.97 Å². The molecule has 0 bridgehead atoms. The Balaban J connectivity index is 2.63. The van der Waals surface area contributed by atoms with Gasteiger partial charge in [-0.2, -0.15) is 5.10 Å². The SMILES string of the molecule is CN(C)[C@@H](Cn1cccn1)C(=O)O. The van der Waals surface area contributed by atoms with Crippen LogP contribution in [0, 0.1) is 0 Å². The van der Waals surface area contributed by atoms with Crippen molar-refractivity contribution in [3.05, 3.63) is 18.5 Å². The van der Waals surface area contributed by atoms with Crippen LogP contribution in [-0.2, 0) is 11.3 Å². The Hall–Kier alpha value is -1.36. The largest absolute Gasteiger partial charge is 0.480 e. The number of aromatic nitrogens is 2. The van der Waals surface area contributed by atoms with Gasteiger partial charge in [0.25, 0.3) is 0 Å². The number of rotatable bonds is 4. The van der Waals surface area contributed by atoms with Crippen LogP contribution in [-0.4, -0.2) is 45.9 Å². The number of aliphatic carboxylic acids is 1. The summed E-state index contributed by atoms with van der Waals surface area (Å²) in [6.07, 6.45) is 3.38. The van der Waals surface area contributed by atoms with Crippen LogP contribution < -0.4 is 0 Å². The number of carbonyl (C=O) groups is 1. The minimum atomic E-state index is -0.833. The molecule has 0 saturated heterocycles. The first kappa shape index (κ1) is 9.73. The summed E-state index contributed by atoms with van der Waals surface area (Å²) in [5.74, 6) is -0.833. The van der Waals surface area contributed by atoms with Crippen molar-refractivity contribution < 1.29 is 9.90 Å². The molecule has 1 rings (SSSR count). The predicted molar refractivity (Wildman–Crippen MR) is 47.3 cm³/mol. The van der Waals surface area contributed by atoms with E-state index < -0.39 is 12.0 Å². The van der Waals surface area contributed by atoms with Crippen molar-refractivity contribution in [1.29, 1.82) is 0 Å². The molecule has 0 aliphatic heterocycles. The van der Waals surface area contributed by atoms with Gasteiger partial charge in [-0.05, 0) is 20.2 Å². The van der Waals surface area contributed by atoms with E-state index in [0.717, 1.165) is 0 Å². The lowest BCUT2D eigenvalue weighted by Crippen LogP contribution is -2.39. The van der Waals surface area contributed by atoms with Crippen molar-refractivity contribution in [3.63, 3.8) is 0 Å². The van der Waals surface area contributed by atoms with E-state index in [2.05, 4.69) is 5.10 Å². The zero-order valence-corrected chi connectivity index (χ0v) is 7.71. The van der Waals surface area contributed by atoms with Gasteiger partial charge in [-0.3, -0.25) is 14.4 Å². The maximum atomic E-state index is 10.8. The van der Waals surface area contributed by atoms with Gasteiger partial charge in [-0.1, -0.05) is 0 Å². The monoisotopic (exact) mass is 183 g/mol. The quantitative estimate of drug-likeness (QED) is 0.708. The average Bonchev–Trinajstić information content (AvgIpc) is 2.50. The first-order valence-electron chi connectivity index (χ1n) is 3.98. The minimum Gasteiger partial charge on any atom is -0.480 e. The molecule has 0 aromatic carbocycles.